The van der Waals surface area contributed by atoms with E-state index >= 15 is 0 Å². The molecule has 0 fully saturated rings. The number of aryl methyl sites for hydroxylation is 2. The van der Waals surface area contributed by atoms with Crippen LogP contribution in [0.3, 0.4) is 0 Å². The van der Waals surface area contributed by atoms with E-state index in [4.69, 9.17) is 4.55 Å². The van der Waals surface area contributed by atoms with E-state index in [2.05, 4.69) is 43.4 Å². The van der Waals surface area contributed by atoms with Crippen LogP contribution in [0.4, 0.5) is 0 Å². The summed E-state index contributed by atoms with van der Waals surface area (Å²) in [5.41, 5.74) is 2.74. The van der Waals surface area contributed by atoms with Crippen LogP contribution in [0.15, 0.2) is 24.3 Å². The third kappa shape index (κ3) is 11.9. The minimum absolute atomic E-state index is 0. The van der Waals surface area contributed by atoms with Gasteiger partial charge in [-0.1, -0.05) is 24.3 Å². The van der Waals surface area contributed by atoms with Gasteiger partial charge in [-0.25, -0.2) is 0 Å². The first-order valence-corrected chi connectivity index (χ1v) is 7.05. The van der Waals surface area contributed by atoms with Crippen LogP contribution in [0.25, 0.3) is 0 Å². The zero-order valence-electron chi connectivity index (χ0n) is 11.5. The molecule has 0 aliphatic rings. The van der Waals surface area contributed by atoms with Gasteiger partial charge in [0.05, 0.1) is 5.75 Å². The molecule has 0 radical (unpaired) electrons. The van der Waals surface area contributed by atoms with E-state index in [0.29, 0.717) is 0 Å². The Balaban J connectivity index is 0. The van der Waals surface area contributed by atoms with Crippen LogP contribution in [-0.4, -0.2) is 31.2 Å². The SMILES string of the molecule is CC(=O)NCCS(=O)(=O)O.Cc1ccccc1C.[Mt]. The molecule has 0 spiro atoms. The minimum Gasteiger partial charge on any atom is -0.355 e. The van der Waals surface area contributed by atoms with Crippen LogP contribution >= 0.6 is 0 Å². The minimum atomic E-state index is -3.93. The van der Waals surface area contributed by atoms with Crippen molar-refractivity contribution in [3.63, 3.8) is 0 Å². The summed E-state index contributed by atoms with van der Waals surface area (Å²) in [7, 11) is -3.93. The van der Waals surface area contributed by atoms with E-state index in [0.717, 1.165) is 0 Å². The molecule has 0 saturated carbocycles. The molecule has 0 aliphatic heterocycles. The number of nitrogens with one attached hydrogen (secondary N) is 1. The van der Waals surface area contributed by atoms with Crippen LogP contribution in [0.1, 0.15) is 18.1 Å². The van der Waals surface area contributed by atoms with E-state index in [1.54, 1.807) is 0 Å². The summed E-state index contributed by atoms with van der Waals surface area (Å²) in [6.45, 7) is 5.46. The third-order valence-corrected chi connectivity index (χ3v) is 2.88. The van der Waals surface area contributed by atoms with Gasteiger partial charge in [0.25, 0.3) is 10.1 Å². The van der Waals surface area contributed by atoms with E-state index in [9.17, 15) is 13.2 Å². The van der Waals surface area contributed by atoms with Gasteiger partial charge in [-0.05, 0) is 25.0 Å². The average Bonchev–Trinajstić information content (AvgIpc) is 2.21. The predicted octanol–water partition coefficient (Wildman–Crippen LogP) is 1.31. The Kier molecular flexibility index (Phi) is 8.63. The summed E-state index contributed by atoms with van der Waals surface area (Å²) < 4.78 is 28.2. The Labute approximate surface area is 108 Å². The van der Waals surface area contributed by atoms with Crippen molar-refractivity contribution >= 4 is 16.0 Å². The van der Waals surface area contributed by atoms with Gasteiger partial charge in [0.1, 0.15) is 0 Å². The Bertz CT molecular complexity index is 467. The van der Waals surface area contributed by atoms with Crippen LogP contribution in [-0.2, 0) is 14.9 Å². The number of benzene rings is 1. The number of carbonyl (C=O) groups is 1. The van der Waals surface area contributed by atoms with E-state index < -0.39 is 15.9 Å². The van der Waals surface area contributed by atoms with Crippen molar-refractivity contribution < 1.29 is 17.8 Å². The molecule has 19 heavy (non-hydrogen) atoms. The summed E-state index contributed by atoms with van der Waals surface area (Å²) in [6.07, 6.45) is 0. The Morgan fingerprint density at radius 2 is 1.63 bits per heavy atom. The zero-order valence-corrected chi connectivity index (χ0v) is 18.9. The third-order valence-electron chi connectivity index (χ3n) is 2.16. The van der Waals surface area contributed by atoms with E-state index in [1.807, 2.05) is 0 Å². The van der Waals surface area contributed by atoms with Crippen molar-refractivity contribution in [3.05, 3.63) is 35.4 Å². The van der Waals surface area contributed by atoms with Gasteiger partial charge in [0.2, 0.25) is 5.91 Å². The second-order valence-electron chi connectivity index (χ2n) is 3.85. The molecule has 0 saturated heterocycles. The smallest absolute Gasteiger partial charge is 0.266 e. The molecule has 7 heteroatoms. The molecule has 0 atom stereocenters. The maximum absolute atomic E-state index is 10.1. The van der Waals surface area contributed by atoms with Crippen LogP contribution in [0.2, 0.25) is 0 Å². The fourth-order valence-corrected chi connectivity index (χ4v) is 1.38. The van der Waals surface area contributed by atoms with Crippen LogP contribution < -0.4 is 5.32 Å². The van der Waals surface area contributed by atoms with Gasteiger partial charge in [-0.2, -0.15) is 8.42 Å². The molecule has 0 bridgehead atoms. The van der Waals surface area contributed by atoms with Crippen molar-refractivity contribution in [2.45, 2.75) is 20.8 Å². The number of carbonyl (C=O) groups excluding carboxylic acids is 1. The molecular formula is C12H19MtNO4S. The molecule has 2 N–H and O–H groups in total. The molecule has 1 aromatic rings. The largest absolute Gasteiger partial charge is 0.355 e. The maximum Gasteiger partial charge on any atom is 0.266 e. The summed E-state index contributed by atoms with van der Waals surface area (Å²) in [5, 5.41) is 2.22. The van der Waals surface area contributed by atoms with Gasteiger partial charge >= 0.3 is 0 Å². The fraction of sp³-hybridized carbons (Fsp3) is 0.417. The summed E-state index contributed by atoms with van der Waals surface area (Å²) in [4.78, 5) is 10.1. The summed E-state index contributed by atoms with van der Waals surface area (Å²) in [6, 6.07) is 8.36. The standard InChI is InChI=1S/C8H10.C4H9NO4S.Mt/c1-7-5-3-4-6-8(7)2;1-4(6)5-2-3-10(7,8)9;/h3-6H,1-2H3;2-3H2,1H3,(H,5,6)(H,7,8,9);. The molecule has 1 aromatic carbocycles. The maximum atomic E-state index is 10.1. The zero-order chi connectivity index (χ0) is 14.2. The number of hydrogen-bond donors (Lipinski definition) is 2. The summed E-state index contributed by atoms with van der Waals surface area (Å²) >= 11 is 0. The van der Waals surface area contributed by atoms with E-state index in [-0.39, 0.29) is 12.5 Å². The second-order valence-corrected chi connectivity index (χ2v) is 5.43. The molecule has 0 heterocycles. The molecule has 0 unspecified atom stereocenters. The van der Waals surface area contributed by atoms with Gasteiger partial charge in [0, 0.05) is 13.5 Å². The molecule has 1 amide bonds. The van der Waals surface area contributed by atoms with Gasteiger partial charge < -0.3 is 5.32 Å². The van der Waals surface area contributed by atoms with E-state index in [1.165, 1.54) is 18.1 Å². The summed E-state index contributed by atoms with van der Waals surface area (Å²) in [5.74, 6) is -0.754. The normalized spacial score (nSPS) is 9.68. The molecule has 0 aromatic heterocycles. The first-order valence-electron chi connectivity index (χ1n) is 5.44. The Morgan fingerprint density at radius 1 is 1.21 bits per heavy atom. The molecule has 104 valence electrons. The average molecular weight is 551 g/mol. The second kappa shape index (κ2) is 8.66. The topological polar surface area (TPSA) is 83.5 Å². The number of hydrogen-bond acceptors (Lipinski definition) is 3. The molecule has 1 rings (SSSR count). The number of amides is 1. The first kappa shape index (κ1) is 19.0. The Hall–Kier alpha value is -2.40. The quantitative estimate of drug-likeness (QED) is 0.556. The monoisotopic (exact) mass is 551 g/mol. The van der Waals surface area contributed by atoms with Gasteiger partial charge in [-0.15, -0.1) is 0 Å². The van der Waals surface area contributed by atoms with Crippen molar-refractivity contribution in [2.75, 3.05) is 12.3 Å². The van der Waals surface area contributed by atoms with Crippen molar-refractivity contribution in [1.82, 2.24) is 5.32 Å². The van der Waals surface area contributed by atoms with Crippen molar-refractivity contribution in [3.8, 4) is 0 Å². The van der Waals surface area contributed by atoms with Gasteiger partial charge in [0.15, 0.2) is 0 Å². The van der Waals surface area contributed by atoms with Gasteiger partial charge in [-0.3, -0.25) is 9.35 Å². The van der Waals surface area contributed by atoms with Crippen LogP contribution in [0, 0.1) is 13.8 Å². The Morgan fingerprint density at radius 3 is 1.89 bits per heavy atom. The van der Waals surface area contributed by atoms with Crippen molar-refractivity contribution in [2.24, 2.45) is 0 Å². The predicted molar refractivity (Wildman–Crippen MR) is 71.0 cm³/mol. The molecule has 5 nitrogen and oxygen atoms in total. The van der Waals surface area contributed by atoms with Crippen LogP contribution in [0.5, 0.6) is 0 Å². The molecular weight excluding hydrogens is 532 g/mol. The first-order chi connectivity index (χ1) is 8.22. The molecule has 0 aliphatic carbocycles. The number of rotatable bonds is 3. The van der Waals surface area contributed by atoms with Crippen molar-refractivity contribution in [1.29, 1.82) is 0 Å². The fourth-order valence-electron chi connectivity index (χ4n) is 1.02.